The molecule has 0 amide bonds. The highest BCUT2D eigenvalue weighted by atomic mass is 31.2. The zero-order valence-corrected chi connectivity index (χ0v) is 38.8. The molecule has 0 saturated heterocycles. The number of unbranched alkanes of at least 4 members (excludes halogenated alkanes) is 17. The summed E-state index contributed by atoms with van der Waals surface area (Å²) in [7, 11) is -5.14. The van der Waals surface area contributed by atoms with Gasteiger partial charge in [-0.1, -0.05) is 184 Å². The molecular formula is C48H83O13P. The number of carbonyl (C=O) groups is 2. The molecule has 0 radical (unpaired) electrons. The number of phosphoric ester groups is 1. The summed E-state index contributed by atoms with van der Waals surface area (Å²) >= 11 is 0. The minimum Gasteiger partial charge on any atom is -0.462 e. The first-order valence-corrected chi connectivity index (χ1v) is 25.1. The summed E-state index contributed by atoms with van der Waals surface area (Å²) in [6.07, 6.45) is 33.1. The van der Waals surface area contributed by atoms with Crippen molar-refractivity contribution >= 4 is 19.8 Å². The zero-order valence-electron chi connectivity index (χ0n) is 37.9. The van der Waals surface area contributed by atoms with Crippen molar-refractivity contribution in [3.63, 3.8) is 0 Å². The van der Waals surface area contributed by atoms with Crippen LogP contribution in [0.15, 0.2) is 60.8 Å². The first-order chi connectivity index (χ1) is 29.9. The van der Waals surface area contributed by atoms with Gasteiger partial charge in [0.25, 0.3) is 0 Å². The second kappa shape index (κ2) is 37.9. The highest BCUT2D eigenvalue weighted by Crippen LogP contribution is 2.47. The molecule has 6 N–H and O–H groups in total. The molecule has 358 valence electrons. The molecule has 14 heteroatoms. The molecule has 1 aliphatic rings. The van der Waals surface area contributed by atoms with E-state index in [1.54, 1.807) is 12.2 Å². The molecule has 0 aromatic heterocycles. The van der Waals surface area contributed by atoms with Crippen molar-refractivity contribution in [2.24, 2.45) is 0 Å². The minimum absolute atomic E-state index is 0.136. The maximum absolute atomic E-state index is 12.8. The van der Waals surface area contributed by atoms with Gasteiger partial charge < -0.3 is 39.9 Å². The Balaban J connectivity index is 2.48. The zero-order chi connectivity index (χ0) is 45.7. The van der Waals surface area contributed by atoms with Gasteiger partial charge in [0.15, 0.2) is 6.10 Å². The highest BCUT2D eigenvalue weighted by Gasteiger charge is 2.51. The van der Waals surface area contributed by atoms with Crippen molar-refractivity contribution in [1.82, 2.24) is 0 Å². The summed E-state index contributed by atoms with van der Waals surface area (Å²) in [6, 6.07) is 0. The Morgan fingerprint density at radius 3 is 1.34 bits per heavy atom. The maximum Gasteiger partial charge on any atom is 0.472 e. The van der Waals surface area contributed by atoms with Gasteiger partial charge >= 0.3 is 19.8 Å². The van der Waals surface area contributed by atoms with Gasteiger partial charge in [0, 0.05) is 6.42 Å². The summed E-state index contributed by atoms with van der Waals surface area (Å²) in [5.74, 6) is -1.25. The molecule has 62 heavy (non-hydrogen) atoms. The molecule has 0 aromatic rings. The number of rotatable bonds is 38. The van der Waals surface area contributed by atoms with Gasteiger partial charge in [0.1, 0.15) is 43.2 Å². The van der Waals surface area contributed by atoms with Gasteiger partial charge in [0.2, 0.25) is 0 Å². The van der Waals surface area contributed by atoms with E-state index in [1.165, 1.54) is 89.9 Å². The predicted octanol–water partition coefficient (Wildman–Crippen LogP) is 9.33. The summed E-state index contributed by atoms with van der Waals surface area (Å²) in [6.45, 7) is 3.11. The van der Waals surface area contributed by atoms with Crippen LogP contribution < -0.4 is 0 Å². The Hall–Kier alpha value is -2.45. The van der Waals surface area contributed by atoms with Crippen molar-refractivity contribution in [3.8, 4) is 0 Å². The van der Waals surface area contributed by atoms with E-state index in [0.717, 1.165) is 44.9 Å². The second-order valence-corrected chi connectivity index (χ2v) is 17.7. The van der Waals surface area contributed by atoms with E-state index in [9.17, 15) is 44.6 Å². The van der Waals surface area contributed by atoms with Crippen LogP contribution in [0.3, 0.4) is 0 Å². The van der Waals surface area contributed by atoms with Crippen LogP contribution >= 0.6 is 7.82 Å². The SMILES string of the molecule is CC/C=C\C/C=C\C/C=C\C/C=C\C/C=C\CC(=O)OC(COC(=O)CCCCCCCCCCCCCCCCCCCC)COP(=O)(O)OC1C(O)C(O)C(O)C(O)C1O. The van der Waals surface area contributed by atoms with Gasteiger partial charge in [-0.15, -0.1) is 0 Å². The first-order valence-electron chi connectivity index (χ1n) is 23.6. The summed E-state index contributed by atoms with van der Waals surface area (Å²) in [4.78, 5) is 35.6. The molecule has 0 aliphatic heterocycles. The lowest BCUT2D eigenvalue weighted by Gasteiger charge is -2.41. The number of aliphatic hydroxyl groups is 5. The normalized spacial score (nSPS) is 22.4. The third-order valence-electron chi connectivity index (χ3n) is 10.7. The molecule has 1 aliphatic carbocycles. The molecule has 1 rings (SSSR count). The molecule has 6 unspecified atom stereocenters. The van der Waals surface area contributed by atoms with E-state index in [-0.39, 0.29) is 12.8 Å². The average Bonchev–Trinajstić information content (AvgIpc) is 3.25. The molecule has 6 atom stereocenters. The van der Waals surface area contributed by atoms with Gasteiger partial charge in [-0.25, -0.2) is 4.57 Å². The maximum atomic E-state index is 12.8. The quantitative estimate of drug-likeness (QED) is 0.0148. The number of ether oxygens (including phenoxy) is 2. The van der Waals surface area contributed by atoms with Crippen LogP contribution in [0.25, 0.3) is 0 Å². The van der Waals surface area contributed by atoms with Crippen LogP contribution in [0.4, 0.5) is 0 Å². The Bertz CT molecular complexity index is 1320. The lowest BCUT2D eigenvalue weighted by molar-refractivity contribution is -0.220. The predicted molar refractivity (Wildman–Crippen MR) is 244 cm³/mol. The van der Waals surface area contributed by atoms with Crippen LogP contribution in [-0.4, -0.2) is 98.3 Å². The Morgan fingerprint density at radius 1 is 0.516 bits per heavy atom. The lowest BCUT2D eigenvalue weighted by Crippen LogP contribution is -2.64. The van der Waals surface area contributed by atoms with Crippen molar-refractivity contribution in [3.05, 3.63) is 60.8 Å². The van der Waals surface area contributed by atoms with Crippen molar-refractivity contribution < 1.29 is 63.1 Å². The highest BCUT2D eigenvalue weighted by molar-refractivity contribution is 7.47. The van der Waals surface area contributed by atoms with Gasteiger partial charge in [-0.3, -0.25) is 18.6 Å². The lowest BCUT2D eigenvalue weighted by atomic mass is 9.85. The average molecular weight is 899 g/mol. The Morgan fingerprint density at radius 2 is 0.903 bits per heavy atom. The minimum atomic E-state index is -5.14. The number of hydrogen-bond acceptors (Lipinski definition) is 12. The van der Waals surface area contributed by atoms with Crippen LogP contribution in [-0.2, 0) is 32.7 Å². The molecule has 0 spiro atoms. The fraction of sp³-hybridized carbons (Fsp3) is 0.750. The molecular weight excluding hydrogens is 815 g/mol. The smallest absolute Gasteiger partial charge is 0.462 e. The summed E-state index contributed by atoms with van der Waals surface area (Å²) in [5.41, 5.74) is 0. The van der Waals surface area contributed by atoms with E-state index in [4.69, 9.17) is 18.5 Å². The number of esters is 2. The van der Waals surface area contributed by atoms with Crippen LogP contribution in [0.5, 0.6) is 0 Å². The van der Waals surface area contributed by atoms with E-state index in [1.807, 2.05) is 12.2 Å². The standard InChI is InChI=1S/C48H83O13P/c1-3-5-7-9-11-13-15-17-19-20-21-23-24-26-28-30-32-34-36-41(49)58-38-40(39-59-62(56,57)61-48-46(54)44(52)43(51)45(53)47(48)55)60-42(50)37-35-33-31-29-27-25-22-18-16-14-12-10-8-6-4-2/h6,8,12,14,18,22,27,29,33,35,40,43-48,51-55H,3-5,7,9-11,13,15-17,19-21,23-26,28,30-32,34,36-39H2,1-2H3,(H,56,57)/b8-6-,14-12-,22-18-,29-27-,35-33-. The fourth-order valence-electron chi connectivity index (χ4n) is 6.89. The van der Waals surface area contributed by atoms with Crippen LogP contribution in [0, 0.1) is 0 Å². The summed E-state index contributed by atoms with van der Waals surface area (Å²) < 4.78 is 33.4. The fourth-order valence-corrected chi connectivity index (χ4v) is 7.87. The molecule has 1 saturated carbocycles. The number of carbonyl (C=O) groups excluding carboxylic acids is 2. The molecule has 0 heterocycles. The number of aliphatic hydroxyl groups excluding tert-OH is 5. The Kier molecular flexibility index (Phi) is 35.2. The number of allylic oxidation sites excluding steroid dienone is 9. The third kappa shape index (κ3) is 29.8. The van der Waals surface area contributed by atoms with E-state index in [0.29, 0.717) is 12.8 Å². The van der Waals surface area contributed by atoms with E-state index < -0.39 is 75.7 Å². The van der Waals surface area contributed by atoms with Gasteiger partial charge in [-0.05, 0) is 38.5 Å². The molecule has 1 fully saturated rings. The third-order valence-corrected chi connectivity index (χ3v) is 11.6. The monoisotopic (exact) mass is 899 g/mol. The molecule has 0 bridgehead atoms. The van der Waals surface area contributed by atoms with Crippen molar-refractivity contribution in [1.29, 1.82) is 0 Å². The number of phosphoric acid groups is 1. The van der Waals surface area contributed by atoms with Crippen molar-refractivity contribution in [2.75, 3.05) is 13.2 Å². The molecule has 0 aromatic carbocycles. The van der Waals surface area contributed by atoms with Crippen molar-refractivity contribution in [2.45, 2.75) is 217 Å². The molecule has 13 nitrogen and oxygen atoms in total. The van der Waals surface area contributed by atoms with E-state index >= 15 is 0 Å². The number of hydrogen-bond donors (Lipinski definition) is 6. The Labute approximate surface area is 373 Å². The first kappa shape index (κ1) is 57.6. The van der Waals surface area contributed by atoms with Gasteiger partial charge in [-0.2, -0.15) is 0 Å². The van der Waals surface area contributed by atoms with Gasteiger partial charge in [0.05, 0.1) is 13.0 Å². The van der Waals surface area contributed by atoms with E-state index in [2.05, 4.69) is 50.3 Å². The second-order valence-electron chi connectivity index (χ2n) is 16.3. The summed E-state index contributed by atoms with van der Waals surface area (Å²) in [5, 5.41) is 50.1. The van der Waals surface area contributed by atoms with Crippen LogP contribution in [0.1, 0.15) is 174 Å². The van der Waals surface area contributed by atoms with Crippen LogP contribution in [0.2, 0.25) is 0 Å². The largest absolute Gasteiger partial charge is 0.472 e. The topological polar surface area (TPSA) is 210 Å².